The summed E-state index contributed by atoms with van der Waals surface area (Å²) in [5.74, 6) is 0.0446. The second-order valence-electron chi connectivity index (χ2n) is 3.21. The van der Waals surface area contributed by atoms with Gasteiger partial charge in [-0.05, 0) is 12.5 Å². The molecule has 6 heteroatoms. The Labute approximate surface area is 96.4 Å². The molecule has 0 spiro atoms. The van der Waals surface area contributed by atoms with E-state index >= 15 is 0 Å². The first-order valence-corrected chi connectivity index (χ1v) is 5.18. The number of ether oxygens (including phenoxy) is 1. The summed E-state index contributed by atoms with van der Waals surface area (Å²) in [5, 5.41) is -0.120. The number of pyridine rings is 1. The Hall–Kier alpha value is -0.970. The van der Waals surface area contributed by atoms with Gasteiger partial charge in [0, 0.05) is 6.20 Å². The minimum absolute atomic E-state index is 0.0446. The van der Waals surface area contributed by atoms with Crippen LogP contribution in [0.5, 0.6) is 5.88 Å². The molecule has 1 aromatic heterocycles. The number of hydrogen-bond donors (Lipinski definition) is 0. The van der Waals surface area contributed by atoms with Crippen molar-refractivity contribution in [2.24, 2.45) is 0 Å². The Morgan fingerprint density at radius 2 is 2.12 bits per heavy atom. The smallest absolute Gasteiger partial charge is 0.417 e. The molecule has 0 amide bonds. The molecule has 0 aliphatic rings. The number of aromatic nitrogens is 1. The largest absolute Gasteiger partial charge is 0.477 e. The van der Waals surface area contributed by atoms with Crippen LogP contribution in [0.4, 0.5) is 13.2 Å². The lowest BCUT2D eigenvalue weighted by Crippen LogP contribution is -2.07. The van der Waals surface area contributed by atoms with Gasteiger partial charge in [-0.15, -0.1) is 0 Å². The predicted octanol–water partition coefficient (Wildman–Crippen LogP) is 3.93. The zero-order chi connectivity index (χ0) is 12.2. The number of unbranched alkanes of at least 4 members (excludes halogenated alkanes) is 1. The average molecular weight is 254 g/mol. The molecule has 0 aliphatic heterocycles. The van der Waals surface area contributed by atoms with E-state index in [1.165, 1.54) is 0 Å². The molecule has 0 fully saturated rings. The lowest BCUT2D eigenvalue weighted by molar-refractivity contribution is -0.137. The number of nitrogens with zero attached hydrogens (tertiary/aromatic N) is 1. The standard InChI is InChI=1S/C10H11ClF3NO/c1-2-3-4-16-9-8(11)5-7(6-15-9)10(12,13)14/h5-6H,2-4H2,1H3. The Bertz CT molecular complexity index is 354. The fourth-order valence-corrected chi connectivity index (χ4v) is 1.22. The zero-order valence-electron chi connectivity index (χ0n) is 8.64. The molecule has 0 aromatic carbocycles. The summed E-state index contributed by atoms with van der Waals surface area (Å²) < 4.78 is 41.9. The second kappa shape index (κ2) is 5.39. The summed E-state index contributed by atoms with van der Waals surface area (Å²) in [6, 6.07) is 0.815. The molecule has 16 heavy (non-hydrogen) atoms. The number of rotatable bonds is 4. The van der Waals surface area contributed by atoms with Gasteiger partial charge in [-0.2, -0.15) is 13.2 Å². The molecular weight excluding hydrogens is 243 g/mol. The van der Waals surface area contributed by atoms with Crippen LogP contribution in [0.15, 0.2) is 12.3 Å². The van der Waals surface area contributed by atoms with Crippen molar-refractivity contribution in [3.8, 4) is 5.88 Å². The molecule has 0 unspecified atom stereocenters. The van der Waals surface area contributed by atoms with E-state index in [0.29, 0.717) is 12.8 Å². The van der Waals surface area contributed by atoms with E-state index in [0.717, 1.165) is 18.9 Å². The fraction of sp³-hybridized carbons (Fsp3) is 0.500. The van der Waals surface area contributed by atoms with Crippen LogP contribution in [-0.4, -0.2) is 11.6 Å². The second-order valence-corrected chi connectivity index (χ2v) is 3.62. The molecule has 1 heterocycles. The summed E-state index contributed by atoms with van der Waals surface area (Å²) >= 11 is 5.63. The minimum atomic E-state index is -4.43. The van der Waals surface area contributed by atoms with E-state index in [4.69, 9.17) is 16.3 Å². The first-order valence-electron chi connectivity index (χ1n) is 4.80. The maximum absolute atomic E-state index is 12.3. The Balaban J connectivity index is 2.76. The molecule has 90 valence electrons. The molecule has 1 aromatic rings. The molecule has 1 rings (SSSR count). The highest BCUT2D eigenvalue weighted by molar-refractivity contribution is 6.31. The normalized spacial score (nSPS) is 11.6. The summed E-state index contributed by atoms with van der Waals surface area (Å²) in [5.41, 5.74) is -0.875. The topological polar surface area (TPSA) is 22.1 Å². The minimum Gasteiger partial charge on any atom is -0.477 e. The zero-order valence-corrected chi connectivity index (χ0v) is 9.40. The van der Waals surface area contributed by atoms with E-state index in [9.17, 15) is 13.2 Å². The van der Waals surface area contributed by atoms with E-state index in [2.05, 4.69) is 4.98 Å². The van der Waals surface area contributed by atoms with E-state index in [1.54, 1.807) is 0 Å². The molecular formula is C10H11ClF3NO. The van der Waals surface area contributed by atoms with Crippen molar-refractivity contribution in [2.45, 2.75) is 25.9 Å². The number of halogens is 4. The lowest BCUT2D eigenvalue weighted by atomic mass is 10.3. The predicted molar refractivity (Wildman–Crippen MR) is 54.7 cm³/mol. The Morgan fingerprint density at radius 3 is 2.62 bits per heavy atom. The van der Waals surface area contributed by atoms with Crippen molar-refractivity contribution in [1.82, 2.24) is 4.98 Å². The highest BCUT2D eigenvalue weighted by atomic mass is 35.5. The van der Waals surface area contributed by atoms with Crippen molar-refractivity contribution < 1.29 is 17.9 Å². The molecule has 0 saturated heterocycles. The molecule has 0 radical (unpaired) electrons. The lowest BCUT2D eigenvalue weighted by Gasteiger charge is -2.09. The molecule has 0 bridgehead atoms. The van der Waals surface area contributed by atoms with Crippen LogP contribution in [0.3, 0.4) is 0 Å². The first kappa shape index (κ1) is 13.1. The first-order chi connectivity index (χ1) is 7.45. The molecule has 0 atom stereocenters. The van der Waals surface area contributed by atoms with Crippen molar-refractivity contribution in [3.05, 3.63) is 22.8 Å². The van der Waals surface area contributed by atoms with Gasteiger partial charge in [0.05, 0.1) is 12.2 Å². The van der Waals surface area contributed by atoms with E-state index in [-0.39, 0.29) is 10.9 Å². The Kier molecular flexibility index (Phi) is 4.41. The highest BCUT2D eigenvalue weighted by Gasteiger charge is 2.31. The fourth-order valence-electron chi connectivity index (χ4n) is 1.000. The van der Waals surface area contributed by atoms with Gasteiger partial charge in [0.1, 0.15) is 5.02 Å². The number of hydrogen-bond acceptors (Lipinski definition) is 2. The summed E-state index contributed by atoms with van der Waals surface area (Å²) in [7, 11) is 0. The van der Waals surface area contributed by atoms with Gasteiger partial charge >= 0.3 is 6.18 Å². The Morgan fingerprint density at radius 1 is 1.44 bits per heavy atom. The van der Waals surface area contributed by atoms with Crippen LogP contribution >= 0.6 is 11.6 Å². The van der Waals surface area contributed by atoms with Gasteiger partial charge in [-0.1, -0.05) is 24.9 Å². The van der Waals surface area contributed by atoms with Crippen LogP contribution in [0.2, 0.25) is 5.02 Å². The van der Waals surface area contributed by atoms with Crippen LogP contribution in [0.25, 0.3) is 0 Å². The van der Waals surface area contributed by atoms with Crippen molar-refractivity contribution in [3.63, 3.8) is 0 Å². The van der Waals surface area contributed by atoms with Crippen LogP contribution in [-0.2, 0) is 6.18 Å². The monoisotopic (exact) mass is 253 g/mol. The maximum Gasteiger partial charge on any atom is 0.417 e. The van der Waals surface area contributed by atoms with Crippen molar-refractivity contribution in [2.75, 3.05) is 6.61 Å². The van der Waals surface area contributed by atoms with Gasteiger partial charge in [0.25, 0.3) is 0 Å². The molecule has 0 N–H and O–H groups in total. The van der Waals surface area contributed by atoms with Gasteiger partial charge in [-0.25, -0.2) is 4.98 Å². The summed E-state index contributed by atoms with van der Waals surface area (Å²) in [4.78, 5) is 3.54. The SMILES string of the molecule is CCCCOc1ncc(C(F)(F)F)cc1Cl. The van der Waals surface area contributed by atoms with Gasteiger partial charge in [0.15, 0.2) is 0 Å². The third kappa shape index (κ3) is 3.56. The van der Waals surface area contributed by atoms with E-state index < -0.39 is 11.7 Å². The highest BCUT2D eigenvalue weighted by Crippen LogP contribution is 2.33. The van der Waals surface area contributed by atoms with Gasteiger partial charge < -0.3 is 4.74 Å². The van der Waals surface area contributed by atoms with E-state index in [1.807, 2.05) is 6.92 Å². The summed E-state index contributed by atoms with van der Waals surface area (Å²) in [6.45, 7) is 2.37. The summed E-state index contributed by atoms with van der Waals surface area (Å²) in [6.07, 6.45) is -1.98. The number of alkyl halides is 3. The molecule has 2 nitrogen and oxygen atoms in total. The van der Waals surface area contributed by atoms with Crippen LogP contribution < -0.4 is 4.74 Å². The van der Waals surface area contributed by atoms with Gasteiger partial charge in [-0.3, -0.25) is 0 Å². The molecule has 0 aliphatic carbocycles. The third-order valence-corrected chi connectivity index (χ3v) is 2.14. The van der Waals surface area contributed by atoms with Crippen LogP contribution in [0, 0.1) is 0 Å². The molecule has 0 saturated carbocycles. The van der Waals surface area contributed by atoms with Gasteiger partial charge in [0.2, 0.25) is 5.88 Å². The maximum atomic E-state index is 12.3. The van der Waals surface area contributed by atoms with Crippen molar-refractivity contribution in [1.29, 1.82) is 0 Å². The van der Waals surface area contributed by atoms with Crippen LogP contribution in [0.1, 0.15) is 25.3 Å². The average Bonchev–Trinajstić information content (AvgIpc) is 2.19. The third-order valence-electron chi connectivity index (χ3n) is 1.87. The quantitative estimate of drug-likeness (QED) is 0.759. The van der Waals surface area contributed by atoms with Crippen molar-refractivity contribution >= 4 is 11.6 Å².